The van der Waals surface area contributed by atoms with Gasteiger partial charge in [0.25, 0.3) is 5.91 Å². The molecule has 0 saturated carbocycles. The zero-order valence-electron chi connectivity index (χ0n) is 16.4. The molecule has 3 aromatic rings. The smallest absolute Gasteiger partial charge is 0.326 e. The molecule has 0 fully saturated rings. The fraction of sp³-hybridized carbons (Fsp3) is 0.250. The van der Waals surface area contributed by atoms with Crippen LogP contribution in [0.15, 0.2) is 35.3 Å². The van der Waals surface area contributed by atoms with E-state index in [1.807, 2.05) is 0 Å². The molecule has 10 heteroatoms. The Morgan fingerprint density at radius 1 is 1.10 bits per heavy atom. The summed E-state index contributed by atoms with van der Waals surface area (Å²) in [4.78, 5) is 29.5. The van der Waals surface area contributed by atoms with Crippen molar-refractivity contribution >= 4 is 56.6 Å². The maximum absolute atomic E-state index is 12.9. The van der Waals surface area contributed by atoms with Crippen LogP contribution in [-0.4, -0.2) is 37.3 Å². The van der Waals surface area contributed by atoms with Crippen molar-refractivity contribution in [3.63, 3.8) is 0 Å². The average molecular weight is 469 g/mol. The van der Waals surface area contributed by atoms with Gasteiger partial charge in [-0.25, -0.2) is 0 Å². The summed E-state index contributed by atoms with van der Waals surface area (Å²) in [5.41, 5.74) is 0.785. The van der Waals surface area contributed by atoms with Gasteiger partial charge >= 0.3 is 5.97 Å². The van der Waals surface area contributed by atoms with Crippen molar-refractivity contribution < 1.29 is 23.8 Å². The lowest BCUT2D eigenvalue weighted by molar-refractivity contribution is -0.143. The Balaban J connectivity index is 2.17. The van der Waals surface area contributed by atoms with Crippen LogP contribution < -0.4 is 14.3 Å². The number of benzene rings is 2. The second-order valence-electron chi connectivity index (χ2n) is 6.00. The number of carbonyl (C=O) groups excluding carboxylic acids is 2. The molecule has 7 nitrogen and oxygen atoms in total. The Labute approximate surface area is 186 Å². The quantitative estimate of drug-likeness (QED) is 0.503. The monoisotopic (exact) mass is 468 g/mol. The van der Waals surface area contributed by atoms with Crippen LogP contribution in [0.4, 0.5) is 0 Å². The molecular formula is C20H18Cl2N2O5S. The first-order valence-corrected chi connectivity index (χ1v) is 10.4. The molecule has 30 heavy (non-hydrogen) atoms. The third kappa shape index (κ3) is 4.61. The Bertz CT molecular complexity index is 1160. The molecular weight excluding hydrogens is 451 g/mol. The number of fused-ring (bicyclic) bond motifs is 1. The van der Waals surface area contributed by atoms with Crippen LogP contribution in [0, 0.1) is 0 Å². The van der Waals surface area contributed by atoms with Crippen molar-refractivity contribution in [2.45, 2.75) is 13.5 Å². The fourth-order valence-corrected chi connectivity index (χ4v) is 4.26. The second kappa shape index (κ2) is 9.51. The highest BCUT2D eigenvalue weighted by Gasteiger charge is 2.17. The zero-order chi connectivity index (χ0) is 21.8. The highest BCUT2D eigenvalue weighted by atomic mass is 35.5. The third-order valence-corrected chi connectivity index (χ3v) is 5.96. The number of esters is 1. The van der Waals surface area contributed by atoms with Gasteiger partial charge in [-0.05, 0) is 31.2 Å². The lowest BCUT2D eigenvalue weighted by Crippen LogP contribution is -2.23. The topological polar surface area (TPSA) is 79.1 Å². The number of amides is 1. The average Bonchev–Trinajstić information content (AvgIpc) is 3.07. The summed E-state index contributed by atoms with van der Waals surface area (Å²) >= 11 is 13.7. The Morgan fingerprint density at radius 3 is 2.37 bits per heavy atom. The molecule has 0 radical (unpaired) electrons. The number of aromatic nitrogens is 1. The van der Waals surface area contributed by atoms with Gasteiger partial charge in [0.1, 0.15) is 18.0 Å². The van der Waals surface area contributed by atoms with Crippen LogP contribution in [0.25, 0.3) is 10.2 Å². The lowest BCUT2D eigenvalue weighted by atomic mass is 10.2. The normalized spacial score (nSPS) is 11.6. The molecule has 0 atom stereocenters. The van der Waals surface area contributed by atoms with Crippen molar-refractivity contribution in [3.05, 3.63) is 50.7 Å². The molecule has 2 aromatic carbocycles. The first kappa shape index (κ1) is 22.1. The van der Waals surface area contributed by atoms with E-state index in [1.165, 1.54) is 30.1 Å². The maximum atomic E-state index is 12.9. The summed E-state index contributed by atoms with van der Waals surface area (Å²) < 4.78 is 17.7. The number of nitrogens with zero attached hydrogens (tertiary/aromatic N) is 2. The molecule has 0 unspecified atom stereocenters. The summed E-state index contributed by atoms with van der Waals surface area (Å²) in [6.07, 6.45) is 0. The van der Waals surface area contributed by atoms with E-state index in [0.717, 1.165) is 4.70 Å². The number of hydrogen-bond acceptors (Lipinski definition) is 6. The predicted octanol–water partition coefficient (Wildman–Crippen LogP) is 4.33. The number of rotatable bonds is 6. The Morgan fingerprint density at radius 2 is 1.77 bits per heavy atom. The highest BCUT2D eigenvalue weighted by molar-refractivity contribution is 7.16. The summed E-state index contributed by atoms with van der Waals surface area (Å²) in [6, 6.07) is 8.17. The van der Waals surface area contributed by atoms with Gasteiger partial charge in [0, 0.05) is 11.6 Å². The molecule has 1 amide bonds. The first-order valence-electron chi connectivity index (χ1n) is 8.83. The Kier molecular flexibility index (Phi) is 7.02. The van der Waals surface area contributed by atoms with E-state index in [2.05, 4.69) is 4.99 Å². The van der Waals surface area contributed by atoms with Gasteiger partial charge in [0.15, 0.2) is 4.80 Å². The summed E-state index contributed by atoms with van der Waals surface area (Å²) in [7, 11) is 2.98. The van der Waals surface area contributed by atoms with Gasteiger partial charge in [0.2, 0.25) is 0 Å². The van der Waals surface area contributed by atoms with Crippen molar-refractivity contribution in [2.24, 2.45) is 4.99 Å². The van der Waals surface area contributed by atoms with Gasteiger partial charge in [-0.15, -0.1) is 0 Å². The number of thiazole rings is 1. The molecule has 3 rings (SSSR count). The minimum absolute atomic E-state index is 0.165. The van der Waals surface area contributed by atoms with E-state index in [9.17, 15) is 9.59 Å². The standard InChI is InChI=1S/C20H18Cl2N2O5S/c1-4-29-16(25)10-24-18-15(6-5-14(21)17(18)22)30-20(24)23-19(26)11-7-12(27-2)9-13(8-11)28-3/h5-9H,4,10H2,1-3H3. The van der Waals surface area contributed by atoms with Gasteiger partial charge in [0.05, 0.1) is 41.1 Å². The van der Waals surface area contributed by atoms with E-state index in [4.69, 9.17) is 37.4 Å². The lowest BCUT2D eigenvalue weighted by Gasteiger charge is -2.07. The van der Waals surface area contributed by atoms with Crippen LogP contribution in [0.2, 0.25) is 10.0 Å². The van der Waals surface area contributed by atoms with Crippen molar-refractivity contribution in [1.82, 2.24) is 4.57 Å². The van der Waals surface area contributed by atoms with E-state index in [1.54, 1.807) is 37.3 Å². The molecule has 0 aliphatic carbocycles. The maximum Gasteiger partial charge on any atom is 0.326 e. The van der Waals surface area contributed by atoms with E-state index >= 15 is 0 Å². The summed E-state index contributed by atoms with van der Waals surface area (Å²) in [5, 5.41) is 0.599. The van der Waals surface area contributed by atoms with Crippen LogP contribution in [-0.2, 0) is 16.1 Å². The molecule has 0 aliphatic rings. The molecule has 0 spiro atoms. The molecule has 0 N–H and O–H groups in total. The molecule has 1 heterocycles. The number of methoxy groups -OCH3 is 2. The fourth-order valence-electron chi connectivity index (χ4n) is 2.75. The van der Waals surface area contributed by atoms with E-state index in [0.29, 0.717) is 22.0 Å². The number of carbonyl (C=O) groups is 2. The Hall–Kier alpha value is -2.55. The predicted molar refractivity (Wildman–Crippen MR) is 116 cm³/mol. The minimum atomic E-state index is -0.529. The zero-order valence-corrected chi connectivity index (χ0v) is 18.7. The highest BCUT2D eigenvalue weighted by Crippen LogP contribution is 2.32. The van der Waals surface area contributed by atoms with Gasteiger partial charge in [-0.3, -0.25) is 9.59 Å². The number of hydrogen-bond donors (Lipinski definition) is 0. The van der Waals surface area contributed by atoms with E-state index < -0.39 is 11.9 Å². The number of ether oxygens (including phenoxy) is 3. The van der Waals surface area contributed by atoms with Crippen LogP contribution in [0.5, 0.6) is 11.5 Å². The molecule has 0 aliphatic heterocycles. The van der Waals surface area contributed by atoms with Crippen LogP contribution >= 0.6 is 34.5 Å². The van der Waals surface area contributed by atoms with Gasteiger partial charge in [-0.2, -0.15) is 4.99 Å². The molecule has 0 bridgehead atoms. The van der Waals surface area contributed by atoms with Crippen molar-refractivity contribution in [3.8, 4) is 11.5 Å². The largest absolute Gasteiger partial charge is 0.497 e. The summed E-state index contributed by atoms with van der Waals surface area (Å²) in [5.74, 6) is -0.0966. The SMILES string of the molecule is CCOC(=O)Cn1c(=NC(=O)c2cc(OC)cc(OC)c2)sc2ccc(Cl)c(Cl)c21. The van der Waals surface area contributed by atoms with Crippen LogP contribution in [0.1, 0.15) is 17.3 Å². The second-order valence-corrected chi connectivity index (χ2v) is 7.80. The van der Waals surface area contributed by atoms with E-state index in [-0.39, 0.29) is 28.5 Å². The molecule has 158 valence electrons. The van der Waals surface area contributed by atoms with Crippen LogP contribution in [0.3, 0.4) is 0 Å². The van der Waals surface area contributed by atoms with Gasteiger partial charge < -0.3 is 18.8 Å². The van der Waals surface area contributed by atoms with Crippen molar-refractivity contribution in [2.75, 3.05) is 20.8 Å². The van der Waals surface area contributed by atoms with Crippen molar-refractivity contribution in [1.29, 1.82) is 0 Å². The minimum Gasteiger partial charge on any atom is -0.497 e. The molecule has 1 aromatic heterocycles. The molecule has 0 saturated heterocycles. The first-order chi connectivity index (χ1) is 14.4. The third-order valence-electron chi connectivity index (χ3n) is 4.12. The number of halogens is 2. The summed E-state index contributed by atoms with van der Waals surface area (Å²) in [6.45, 7) is 1.77. The van der Waals surface area contributed by atoms with Gasteiger partial charge in [-0.1, -0.05) is 34.5 Å².